The molecule has 1 fully saturated rings. The third kappa shape index (κ3) is 5.17. The van der Waals surface area contributed by atoms with Gasteiger partial charge in [0, 0.05) is 6.04 Å². The fourth-order valence-corrected chi connectivity index (χ4v) is 4.07. The van der Waals surface area contributed by atoms with Gasteiger partial charge < -0.3 is 10.1 Å². The van der Waals surface area contributed by atoms with E-state index in [9.17, 15) is 18.8 Å². The zero-order valence-corrected chi connectivity index (χ0v) is 17.7. The Kier molecular flexibility index (Phi) is 6.55. The van der Waals surface area contributed by atoms with Gasteiger partial charge in [0.05, 0.1) is 10.6 Å². The molecule has 0 atom stereocenters. The van der Waals surface area contributed by atoms with E-state index in [2.05, 4.69) is 20.7 Å². The highest BCUT2D eigenvalue weighted by atomic mass is 32.1. The topological polar surface area (TPSA) is 115 Å². The lowest BCUT2D eigenvalue weighted by atomic mass is 10.2. The molecular formula is C21H20FN5O4S. The number of benzene rings is 1. The zero-order valence-electron chi connectivity index (χ0n) is 16.9. The summed E-state index contributed by atoms with van der Waals surface area (Å²) < 4.78 is 19.7. The van der Waals surface area contributed by atoms with E-state index >= 15 is 0 Å². The van der Waals surface area contributed by atoms with Crippen molar-refractivity contribution in [3.63, 3.8) is 0 Å². The molecule has 1 saturated carbocycles. The highest BCUT2D eigenvalue weighted by molar-refractivity contribution is 7.13. The number of ether oxygens (including phenoxy) is 1. The summed E-state index contributed by atoms with van der Waals surface area (Å²) in [6.07, 6.45) is 3.85. The quantitative estimate of drug-likeness (QED) is 0.550. The number of aromatic nitrogens is 3. The summed E-state index contributed by atoms with van der Waals surface area (Å²) in [4.78, 5) is 41.2. The molecule has 3 aromatic rings. The van der Waals surface area contributed by atoms with Crippen molar-refractivity contribution in [2.45, 2.75) is 31.7 Å². The van der Waals surface area contributed by atoms with Gasteiger partial charge in [-0.3, -0.25) is 10.1 Å². The van der Waals surface area contributed by atoms with E-state index in [0.29, 0.717) is 11.5 Å². The summed E-state index contributed by atoms with van der Waals surface area (Å²) in [7, 11) is 0. The fourth-order valence-electron chi connectivity index (χ4n) is 3.38. The van der Waals surface area contributed by atoms with Gasteiger partial charge in [0.2, 0.25) is 0 Å². The molecule has 0 aliphatic heterocycles. The second kappa shape index (κ2) is 9.69. The second-order valence-corrected chi connectivity index (χ2v) is 8.15. The summed E-state index contributed by atoms with van der Waals surface area (Å²) in [5.41, 5.74) is 0.502. The molecule has 4 rings (SSSR count). The van der Waals surface area contributed by atoms with Crippen LogP contribution < -0.4 is 10.6 Å². The summed E-state index contributed by atoms with van der Waals surface area (Å²) in [6, 6.07) is 8.63. The van der Waals surface area contributed by atoms with Crippen molar-refractivity contribution < 1.29 is 23.5 Å². The predicted octanol–water partition coefficient (Wildman–Crippen LogP) is 3.06. The highest BCUT2D eigenvalue weighted by Crippen LogP contribution is 2.26. The van der Waals surface area contributed by atoms with E-state index in [1.165, 1.54) is 40.3 Å². The normalized spacial score (nSPS) is 13.7. The third-order valence-electron chi connectivity index (χ3n) is 4.88. The number of thiophene rings is 1. The number of hydrogen-bond donors (Lipinski definition) is 2. The van der Waals surface area contributed by atoms with Crippen LogP contribution in [-0.2, 0) is 9.53 Å². The average Bonchev–Trinajstić information content (AvgIpc) is 3.53. The molecule has 0 radical (unpaired) electrons. The van der Waals surface area contributed by atoms with E-state index in [1.807, 2.05) is 11.4 Å². The first kappa shape index (κ1) is 21.6. The number of halogens is 1. The predicted molar refractivity (Wildman–Crippen MR) is 114 cm³/mol. The first-order valence-electron chi connectivity index (χ1n) is 10.0. The fraction of sp³-hybridized carbons (Fsp3) is 0.286. The summed E-state index contributed by atoms with van der Waals surface area (Å²) in [5, 5.41) is 10.9. The minimum absolute atomic E-state index is 0.0562. The lowest BCUT2D eigenvalue weighted by Gasteiger charge is -2.12. The van der Waals surface area contributed by atoms with Crippen LogP contribution in [0, 0.1) is 5.82 Å². The number of amides is 3. The molecule has 2 N–H and O–H groups in total. The Balaban J connectivity index is 1.42. The van der Waals surface area contributed by atoms with Crippen LogP contribution in [-0.4, -0.2) is 45.3 Å². The first-order chi connectivity index (χ1) is 15.5. The molecule has 0 bridgehead atoms. The number of hydrogen-bond acceptors (Lipinski definition) is 7. The standard InChI is InChI=1S/C21H20FN5O4S/c22-13-7-9-15(10-8-13)27-19(16-6-3-11-32-16)25-18(26-27)20(29)31-12-17(28)24-21(30)23-14-4-1-2-5-14/h3,6-11,14H,1-2,4-5,12H2,(H2,23,24,28,30). The second-order valence-electron chi connectivity index (χ2n) is 7.20. The van der Waals surface area contributed by atoms with Crippen molar-refractivity contribution in [1.29, 1.82) is 0 Å². The number of rotatable bonds is 6. The molecular weight excluding hydrogens is 437 g/mol. The number of carbonyl (C=O) groups is 3. The lowest BCUT2D eigenvalue weighted by molar-refractivity contribution is -0.123. The maximum absolute atomic E-state index is 13.3. The Hall–Kier alpha value is -3.60. The minimum Gasteiger partial charge on any atom is -0.450 e. The van der Waals surface area contributed by atoms with Gasteiger partial charge in [-0.25, -0.2) is 18.7 Å². The van der Waals surface area contributed by atoms with Gasteiger partial charge in [0.1, 0.15) is 5.82 Å². The number of esters is 1. The lowest BCUT2D eigenvalue weighted by Crippen LogP contribution is -2.45. The Morgan fingerprint density at radius 1 is 1.16 bits per heavy atom. The van der Waals surface area contributed by atoms with E-state index in [-0.39, 0.29) is 11.9 Å². The summed E-state index contributed by atoms with van der Waals surface area (Å²) >= 11 is 1.39. The Morgan fingerprint density at radius 3 is 2.59 bits per heavy atom. The number of nitrogens with zero attached hydrogens (tertiary/aromatic N) is 3. The van der Waals surface area contributed by atoms with E-state index in [0.717, 1.165) is 30.6 Å². The maximum Gasteiger partial charge on any atom is 0.378 e. The van der Waals surface area contributed by atoms with Crippen molar-refractivity contribution in [1.82, 2.24) is 25.4 Å². The molecule has 32 heavy (non-hydrogen) atoms. The molecule has 166 valence electrons. The molecule has 9 nitrogen and oxygen atoms in total. The Labute approximate surface area is 186 Å². The van der Waals surface area contributed by atoms with Crippen LogP contribution in [0.5, 0.6) is 0 Å². The van der Waals surface area contributed by atoms with Crippen molar-refractivity contribution in [2.24, 2.45) is 0 Å². The van der Waals surface area contributed by atoms with Crippen molar-refractivity contribution in [2.75, 3.05) is 6.61 Å². The Morgan fingerprint density at radius 2 is 1.91 bits per heavy atom. The van der Waals surface area contributed by atoms with Gasteiger partial charge in [-0.15, -0.1) is 16.4 Å². The molecule has 1 aliphatic carbocycles. The third-order valence-corrected chi connectivity index (χ3v) is 5.75. The highest BCUT2D eigenvalue weighted by Gasteiger charge is 2.22. The van der Waals surface area contributed by atoms with Crippen molar-refractivity contribution in [3.05, 3.63) is 53.4 Å². The summed E-state index contributed by atoms with van der Waals surface area (Å²) in [5.74, 6) is -1.98. The maximum atomic E-state index is 13.3. The molecule has 0 spiro atoms. The summed E-state index contributed by atoms with van der Waals surface area (Å²) in [6.45, 7) is -0.656. The largest absolute Gasteiger partial charge is 0.450 e. The zero-order chi connectivity index (χ0) is 22.5. The number of nitrogens with one attached hydrogen (secondary N) is 2. The van der Waals surface area contributed by atoms with Gasteiger partial charge in [-0.1, -0.05) is 18.9 Å². The van der Waals surface area contributed by atoms with Crippen LogP contribution in [0.2, 0.25) is 0 Å². The average molecular weight is 457 g/mol. The molecule has 0 unspecified atom stereocenters. The molecule has 2 aromatic heterocycles. The smallest absolute Gasteiger partial charge is 0.378 e. The van der Waals surface area contributed by atoms with Gasteiger partial charge in [-0.05, 0) is 48.6 Å². The minimum atomic E-state index is -0.921. The first-order valence-corrected chi connectivity index (χ1v) is 10.9. The number of urea groups is 1. The van der Waals surface area contributed by atoms with Crippen LogP contribution in [0.4, 0.5) is 9.18 Å². The Bertz CT molecular complexity index is 1110. The molecule has 1 aromatic carbocycles. The van der Waals surface area contributed by atoms with Crippen LogP contribution in [0.25, 0.3) is 16.4 Å². The van der Waals surface area contributed by atoms with E-state index in [4.69, 9.17) is 4.74 Å². The van der Waals surface area contributed by atoms with Gasteiger partial charge in [0.25, 0.3) is 11.7 Å². The van der Waals surface area contributed by atoms with Crippen LogP contribution in [0.1, 0.15) is 36.3 Å². The van der Waals surface area contributed by atoms with Gasteiger partial charge >= 0.3 is 12.0 Å². The van der Waals surface area contributed by atoms with Crippen LogP contribution in [0.3, 0.4) is 0 Å². The number of carbonyl (C=O) groups excluding carboxylic acids is 3. The van der Waals surface area contributed by atoms with Gasteiger partial charge in [0.15, 0.2) is 12.4 Å². The SMILES string of the molecule is O=C(COC(=O)c1nc(-c2cccs2)n(-c2ccc(F)cc2)n1)NC(=O)NC1CCCC1. The molecule has 3 amide bonds. The van der Waals surface area contributed by atoms with E-state index in [1.54, 1.807) is 6.07 Å². The molecule has 2 heterocycles. The van der Waals surface area contributed by atoms with Crippen LogP contribution >= 0.6 is 11.3 Å². The van der Waals surface area contributed by atoms with Crippen molar-refractivity contribution >= 4 is 29.2 Å². The van der Waals surface area contributed by atoms with Gasteiger partial charge in [-0.2, -0.15) is 4.98 Å². The number of imide groups is 1. The monoisotopic (exact) mass is 457 g/mol. The molecule has 0 saturated heterocycles. The van der Waals surface area contributed by atoms with Crippen molar-refractivity contribution in [3.8, 4) is 16.4 Å². The van der Waals surface area contributed by atoms with Crippen LogP contribution in [0.15, 0.2) is 41.8 Å². The van der Waals surface area contributed by atoms with E-state index < -0.39 is 30.3 Å². The molecule has 1 aliphatic rings. The molecule has 11 heteroatoms.